The Morgan fingerprint density at radius 1 is 1.38 bits per heavy atom. The smallest absolute Gasteiger partial charge is 0.240 e. The van der Waals surface area contributed by atoms with Crippen molar-refractivity contribution in [2.75, 3.05) is 26.8 Å². The fourth-order valence-electron chi connectivity index (χ4n) is 2.85. The summed E-state index contributed by atoms with van der Waals surface area (Å²) in [6.45, 7) is 4.94. The molecular weight excluding hydrogens is 264 g/mol. The van der Waals surface area contributed by atoms with Gasteiger partial charge in [0.1, 0.15) is 0 Å². The fraction of sp³-hybridized carbons (Fsp3) is 0.588. The molecule has 0 aliphatic carbocycles. The van der Waals surface area contributed by atoms with Gasteiger partial charge in [-0.25, -0.2) is 0 Å². The molecule has 1 amide bonds. The molecule has 1 N–H and O–H groups in total. The third kappa shape index (κ3) is 4.55. The number of amides is 1. The first-order chi connectivity index (χ1) is 10.2. The largest absolute Gasteiger partial charge is 0.383 e. The van der Waals surface area contributed by atoms with E-state index in [4.69, 9.17) is 4.74 Å². The van der Waals surface area contributed by atoms with Crippen molar-refractivity contribution >= 4 is 5.91 Å². The number of carbonyl (C=O) groups excluding carboxylic acids is 1. The van der Waals surface area contributed by atoms with E-state index >= 15 is 0 Å². The molecule has 2 unspecified atom stereocenters. The van der Waals surface area contributed by atoms with E-state index in [1.54, 1.807) is 7.11 Å². The summed E-state index contributed by atoms with van der Waals surface area (Å²) in [4.78, 5) is 14.7. The molecule has 1 saturated heterocycles. The maximum atomic E-state index is 12.8. The van der Waals surface area contributed by atoms with Gasteiger partial charge in [-0.2, -0.15) is 0 Å². The van der Waals surface area contributed by atoms with Crippen molar-refractivity contribution in [3.05, 3.63) is 35.9 Å². The predicted octanol–water partition coefficient (Wildman–Crippen LogP) is 2.05. The zero-order valence-corrected chi connectivity index (χ0v) is 13.0. The highest BCUT2D eigenvalue weighted by Crippen LogP contribution is 2.18. The van der Waals surface area contributed by atoms with E-state index in [9.17, 15) is 4.79 Å². The van der Waals surface area contributed by atoms with Crippen LogP contribution in [0.15, 0.2) is 30.3 Å². The minimum Gasteiger partial charge on any atom is -0.383 e. The van der Waals surface area contributed by atoms with Crippen LogP contribution in [-0.4, -0.2) is 43.7 Å². The van der Waals surface area contributed by atoms with E-state index in [2.05, 4.69) is 24.4 Å². The maximum absolute atomic E-state index is 12.8. The Morgan fingerprint density at radius 3 is 2.81 bits per heavy atom. The van der Waals surface area contributed by atoms with Crippen LogP contribution in [0.5, 0.6) is 0 Å². The van der Waals surface area contributed by atoms with Crippen LogP contribution in [0.4, 0.5) is 0 Å². The van der Waals surface area contributed by atoms with Gasteiger partial charge in [-0.05, 0) is 30.9 Å². The van der Waals surface area contributed by atoms with Gasteiger partial charge in [0.15, 0.2) is 0 Å². The molecule has 0 saturated carbocycles. The number of benzene rings is 1. The van der Waals surface area contributed by atoms with Crippen molar-refractivity contribution in [2.45, 2.75) is 32.4 Å². The van der Waals surface area contributed by atoms with Crippen LogP contribution >= 0.6 is 0 Å². The van der Waals surface area contributed by atoms with Crippen molar-refractivity contribution in [2.24, 2.45) is 5.92 Å². The van der Waals surface area contributed by atoms with Gasteiger partial charge in [-0.3, -0.25) is 4.79 Å². The van der Waals surface area contributed by atoms with Crippen LogP contribution in [0.25, 0.3) is 0 Å². The van der Waals surface area contributed by atoms with Crippen molar-refractivity contribution < 1.29 is 9.53 Å². The van der Waals surface area contributed by atoms with Gasteiger partial charge < -0.3 is 15.0 Å². The highest BCUT2D eigenvalue weighted by atomic mass is 16.5. The Morgan fingerprint density at radius 2 is 2.14 bits per heavy atom. The second kappa shape index (κ2) is 8.15. The van der Waals surface area contributed by atoms with Gasteiger partial charge in [0.2, 0.25) is 5.91 Å². The van der Waals surface area contributed by atoms with Gasteiger partial charge in [0, 0.05) is 20.2 Å². The molecule has 4 nitrogen and oxygen atoms in total. The number of hydrogen-bond acceptors (Lipinski definition) is 3. The summed E-state index contributed by atoms with van der Waals surface area (Å²) in [6.07, 6.45) is 2.27. The molecule has 0 radical (unpaired) electrons. The number of carbonyl (C=O) groups is 1. The molecule has 1 aromatic rings. The number of nitrogens with one attached hydrogen (secondary N) is 1. The fourth-order valence-corrected chi connectivity index (χ4v) is 2.85. The number of rotatable bonds is 6. The van der Waals surface area contributed by atoms with E-state index in [1.165, 1.54) is 0 Å². The minimum atomic E-state index is -0.0562. The molecule has 0 aromatic heterocycles. The number of hydrogen-bond donors (Lipinski definition) is 1. The third-order valence-corrected chi connectivity index (χ3v) is 4.13. The first kappa shape index (κ1) is 16.0. The third-order valence-electron chi connectivity index (χ3n) is 4.13. The zero-order valence-electron chi connectivity index (χ0n) is 13.0. The molecule has 21 heavy (non-hydrogen) atoms. The molecule has 1 aliphatic heterocycles. The van der Waals surface area contributed by atoms with Gasteiger partial charge in [-0.1, -0.05) is 37.3 Å². The van der Waals surface area contributed by atoms with Crippen molar-refractivity contribution in [1.29, 1.82) is 0 Å². The van der Waals surface area contributed by atoms with E-state index in [0.717, 1.165) is 24.9 Å². The molecule has 0 bridgehead atoms. The molecule has 0 spiro atoms. The number of ether oxygens (including phenoxy) is 1. The molecule has 2 rings (SSSR count). The Bertz CT molecular complexity index is 436. The van der Waals surface area contributed by atoms with Crippen LogP contribution in [0.3, 0.4) is 0 Å². The van der Waals surface area contributed by atoms with E-state index in [-0.39, 0.29) is 11.9 Å². The standard InChI is InChI=1S/C17H26N2O2/c1-14-7-6-10-18-16(14)17(20)19(11-12-21-2)13-15-8-4-3-5-9-15/h3-5,8-9,14,16,18H,6-7,10-13H2,1-2H3. The highest BCUT2D eigenvalue weighted by molar-refractivity contribution is 5.82. The number of methoxy groups -OCH3 is 1. The second-order valence-corrected chi connectivity index (χ2v) is 5.79. The molecule has 1 aromatic carbocycles. The van der Waals surface area contributed by atoms with Crippen LogP contribution in [0, 0.1) is 5.92 Å². The molecule has 4 heteroatoms. The van der Waals surface area contributed by atoms with Gasteiger partial charge >= 0.3 is 0 Å². The Hall–Kier alpha value is -1.39. The Labute approximate surface area is 127 Å². The second-order valence-electron chi connectivity index (χ2n) is 5.79. The lowest BCUT2D eigenvalue weighted by atomic mass is 9.91. The summed E-state index contributed by atoms with van der Waals surface area (Å²) >= 11 is 0. The molecular formula is C17H26N2O2. The van der Waals surface area contributed by atoms with E-state index in [1.807, 2.05) is 23.1 Å². The molecule has 116 valence electrons. The topological polar surface area (TPSA) is 41.6 Å². The average Bonchev–Trinajstić information content (AvgIpc) is 2.52. The summed E-state index contributed by atoms with van der Waals surface area (Å²) in [5.74, 6) is 0.593. The lowest BCUT2D eigenvalue weighted by molar-refractivity contribution is -0.136. The quantitative estimate of drug-likeness (QED) is 0.872. The van der Waals surface area contributed by atoms with E-state index < -0.39 is 0 Å². The summed E-state index contributed by atoms with van der Waals surface area (Å²) in [5, 5.41) is 3.38. The SMILES string of the molecule is COCCN(Cc1ccccc1)C(=O)C1NCCCC1C. The predicted molar refractivity (Wildman–Crippen MR) is 83.9 cm³/mol. The number of piperidine rings is 1. The van der Waals surface area contributed by atoms with Gasteiger partial charge in [0.25, 0.3) is 0 Å². The van der Waals surface area contributed by atoms with Crippen LogP contribution in [0.2, 0.25) is 0 Å². The van der Waals surface area contributed by atoms with Gasteiger partial charge in [0.05, 0.1) is 12.6 Å². The highest BCUT2D eigenvalue weighted by Gasteiger charge is 2.30. The first-order valence-corrected chi connectivity index (χ1v) is 7.77. The monoisotopic (exact) mass is 290 g/mol. The lowest BCUT2D eigenvalue weighted by Gasteiger charge is -2.34. The normalized spacial score (nSPS) is 22.0. The first-order valence-electron chi connectivity index (χ1n) is 7.77. The van der Waals surface area contributed by atoms with Crippen LogP contribution in [-0.2, 0) is 16.1 Å². The summed E-state index contributed by atoms with van der Waals surface area (Å²) in [7, 11) is 1.67. The van der Waals surface area contributed by atoms with Crippen molar-refractivity contribution in [3.8, 4) is 0 Å². The summed E-state index contributed by atoms with van der Waals surface area (Å²) in [6, 6.07) is 10.1. The Balaban J connectivity index is 2.05. The summed E-state index contributed by atoms with van der Waals surface area (Å²) < 4.78 is 5.16. The maximum Gasteiger partial charge on any atom is 0.240 e. The van der Waals surface area contributed by atoms with Crippen LogP contribution < -0.4 is 5.32 Å². The van der Waals surface area contributed by atoms with Crippen molar-refractivity contribution in [1.82, 2.24) is 10.2 Å². The van der Waals surface area contributed by atoms with Crippen molar-refractivity contribution in [3.63, 3.8) is 0 Å². The molecule has 1 fully saturated rings. The Kier molecular flexibility index (Phi) is 6.21. The summed E-state index contributed by atoms with van der Waals surface area (Å²) in [5.41, 5.74) is 1.16. The zero-order chi connectivity index (χ0) is 15.1. The average molecular weight is 290 g/mol. The molecule has 1 heterocycles. The van der Waals surface area contributed by atoms with Crippen LogP contribution in [0.1, 0.15) is 25.3 Å². The lowest BCUT2D eigenvalue weighted by Crippen LogP contribution is -2.52. The molecule has 1 aliphatic rings. The minimum absolute atomic E-state index is 0.0562. The molecule has 2 atom stereocenters. The van der Waals surface area contributed by atoms with Gasteiger partial charge in [-0.15, -0.1) is 0 Å². The number of nitrogens with zero attached hydrogens (tertiary/aromatic N) is 1. The van der Waals surface area contributed by atoms with E-state index in [0.29, 0.717) is 25.6 Å².